The second-order valence-electron chi connectivity index (χ2n) is 9.57. The Morgan fingerprint density at radius 2 is 1.67 bits per heavy atom. The molecule has 0 aliphatic carbocycles. The van der Waals surface area contributed by atoms with Gasteiger partial charge in [-0.3, -0.25) is 14.2 Å². The molecule has 1 unspecified atom stereocenters. The third-order valence-electron chi connectivity index (χ3n) is 6.08. The average molecular weight is 626 g/mol. The molecule has 1 amide bonds. The molecule has 0 bridgehead atoms. The van der Waals surface area contributed by atoms with E-state index in [9.17, 15) is 13.6 Å². The van der Waals surface area contributed by atoms with Crippen molar-refractivity contribution in [3.63, 3.8) is 0 Å². The molecule has 45 heavy (non-hydrogen) atoms. The van der Waals surface area contributed by atoms with Gasteiger partial charge in [0.25, 0.3) is 12.4 Å². The Morgan fingerprint density at radius 3 is 2.22 bits per heavy atom. The number of imidazole rings is 1. The number of carboxylic acid groups (broad SMARTS) is 1. The Morgan fingerprint density at radius 1 is 1.07 bits per heavy atom. The molecule has 0 fully saturated rings. The third kappa shape index (κ3) is 11.2. The number of nitrogens with one attached hydrogen (secondary N) is 4. The van der Waals surface area contributed by atoms with Crippen LogP contribution in [0.2, 0.25) is 0 Å². The lowest BCUT2D eigenvalue weighted by molar-refractivity contribution is -0.122. The van der Waals surface area contributed by atoms with Crippen molar-refractivity contribution in [1.82, 2.24) is 20.2 Å². The molecular formula is C33H45F2N7O3. The molecule has 0 radical (unpaired) electrons. The smallest absolute Gasteiger partial charge is 0.290 e. The number of halogens is 2. The SMILES string of the molecule is C=C(Nc1ccc(C(=O)NCCNC(=C)C(N)CC)cc1)c1ncc(-c2ccc(NC)c(F)c2F)n1/C=C\C.CCC.O=CO. The molecule has 0 aliphatic heterocycles. The molecule has 3 rings (SSSR count). The van der Waals surface area contributed by atoms with E-state index in [4.69, 9.17) is 15.6 Å². The van der Waals surface area contributed by atoms with Crippen LogP contribution in [0.15, 0.2) is 67.5 Å². The third-order valence-corrected chi connectivity index (χ3v) is 6.08. The van der Waals surface area contributed by atoms with Gasteiger partial charge in [-0.25, -0.2) is 13.8 Å². The Balaban J connectivity index is 0.00000156. The van der Waals surface area contributed by atoms with Crippen LogP contribution in [0.1, 0.15) is 56.7 Å². The number of rotatable bonds is 13. The quantitative estimate of drug-likeness (QED) is 0.0983. The zero-order valence-corrected chi connectivity index (χ0v) is 26.6. The minimum absolute atomic E-state index is 0.0658. The van der Waals surface area contributed by atoms with Crippen LogP contribution in [0.3, 0.4) is 0 Å². The molecular weight excluding hydrogens is 580 g/mol. The summed E-state index contributed by atoms with van der Waals surface area (Å²) in [7, 11) is 1.52. The van der Waals surface area contributed by atoms with Gasteiger partial charge in [0.15, 0.2) is 17.5 Å². The highest BCUT2D eigenvalue weighted by Gasteiger charge is 2.20. The molecule has 0 spiro atoms. The molecule has 244 valence electrons. The van der Waals surface area contributed by atoms with Gasteiger partial charge in [0.1, 0.15) is 0 Å². The van der Waals surface area contributed by atoms with E-state index in [2.05, 4.69) is 53.3 Å². The predicted octanol–water partition coefficient (Wildman–Crippen LogP) is 6.13. The van der Waals surface area contributed by atoms with Gasteiger partial charge in [-0.1, -0.05) is 46.4 Å². The molecule has 2 aromatic carbocycles. The van der Waals surface area contributed by atoms with Gasteiger partial charge in [-0.05, 0) is 49.7 Å². The maximum Gasteiger partial charge on any atom is 0.290 e. The number of allylic oxidation sites excluding steroid dienone is 1. The number of carbonyl (C=O) groups excluding carboxylic acids is 1. The van der Waals surface area contributed by atoms with E-state index in [1.54, 1.807) is 48.0 Å². The maximum atomic E-state index is 14.8. The predicted molar refractivity (Wildman–Crippen MR) is 180 cm³/mol. The van der Waals surface area contributed by atoms with E-state index in [0.29, 0.717) is 41.6 Å². The minimum atomic E-state index is -0.975. The first kappa shape index (κ1) is 38.1. The van der Waals surface area contributed by atoms with Crippen LogP contribution in [0.25, 0.3) is 23.2 Å². The fourth-order valence-electron chi connectivity index (χ4n) is 3.84. The second kappa shape index (κ2) is 20.1. The fraction of sp³-hybridized carbons (Fsp3) is 0.303. The van der Waals surface area contributed by atoms with E-state index in [1.165, 1.54) is 31.8 Å². The van der Waals surface area contributed by atoms with Crippen molar-refractivity contribution in [2.24, 2.45) is 5.73 Å². The lowest BCUT2D eigenvalue weighted by Gasteiger charge is -2.15. The van der Waals surface area contributed by atoms with Crippen LogP contribution in [-0.2, 0) is 4.79 Å². The first-order valence-corrected chi connectivity index (χ1v) is 14.5. The van der Waals surface area contributed by atoms with Gasteiger partial charge < -0.3 is 32.1 Å². The van der Waals surface area contributed by atoms with Gasteiger partial charge in [0.05, 0.1) is 23.3 Å². The van der Waals surface area contributed by atoms with Crippen molar-refractivity contribution in [3.8, 4) is 11.3 Å². The number of nitrogens with zero attached hydrogens (tertiary/aromatic N) is 2. The Hall–Kier alpha value is -4.97. The van der Waals surface area contributed by atoms with Gasteiger partial charge >= 0.3 is 0 Å². The van der Waals surface area contributed by atoms with Crippen LogP contribution < -0.4 is 27.0 Å². The van der Waals surface area contributed by atoms with Crippen LogP contribution in [0.4, 0.5) is 20.2 Å². The van der Waals surface area contributed by atoms with E-state index in [0.717, 1.165) is 12.1 Å². The van der Waals surface area contributed by atoms with Crippen LogP contribution >= 0.6 is 0 Å². The monoisotopic (exact) mass is 625 g/mol. The summed E-state index contributed by atoms with van der Waals surface area (Å²) < 4.78 is 30.9. The summed E-state index contributed by atoms with van der Waals surface area (Å²) in [6.45, 7) is 16.7. The standard InChI is InChI=1S/C29H35F2N7O.C3H8.CH2O2/c1-6-16-38-25(22-12-13-24(33-5)27(31)26(22)30)17-36-28(38)19(4)37-21-10-8-20(9-11-21)29(39)35-15-14-34-18(3)23(32)7-2;1-3-2;2-1-3/h6,8-13,16-17,23,33-34,37H,3-4,7,14-15,32H2,1-2,5H3,(H,35,39);3H2,1-2H3;1H,(H,2,3)/b16-6-;;. The van der Waals surface area contributed by atoms with Crippen LogP contribution in [-0.4, -0.2) is 53.2 Å². The molecule has 1 atom stereocenters. The molecule has 0 saturated heterocycles. The molecule has 0 aliphatic rings. The van der Waals surface area contributed by atoms with Gasteiger partial charge in [-0.2, -0.15) is 0 Å². The molecule has 3 aromatic rings. The van der Waals surface area contributed by atoms with Gasteiger partial charge in [0.2, 0.25) is 0 Å². The van der Waals surface area contributed by atoms with Crippen molar-refractivity contribution in [3.05, 3.63) is 90.5 Å². The average Bonchev–Trinajstić information content (AvgIpc) is 3.44. The number of nitrogens with two attached hydrogens (primary N) is 1. The Kier molecular flexibility index (Phi) is 17.0. The summed E-state index contributed by atoms with van der Waals surface area (Å²) >= 11 is 0. The Bertz CT molecular complexity index is 1440. The zero-order chi connectivity index (χ0) is 33.9. The number of carbonyl (C=O) groups is 2. The fourth-order valence-corrected chi connectivity index (χ4v) is 3.84. The normalized spacial score (nSPS) is 10.8. The maximum absolute atomic E-state index is 14.8. The summed E-state index contributed by atoms with van der Waals surface area (Å²) in [5, 5.41) is 18.6. The molecule has 1 aromatic heterocycles. The topological polar surface area (TPSA) is 146 Å². The van der Waals surface area contributed by atoms with E-state index >= 15 is 0 Å². The molecule has 10 nitrogen and oxygen atoms in total. The lowest BCUT2D eigenvalue weighted by atomic mass is 10.1. The second-order valence-corrected chi connectivity index (χ2v) is 9.57. The molecule has 0 saturated carbocycles. The summed E-state index contributed by atoms with van der Waals surface area (Å²) in [6.07, 6.45) is 6.95. The highest BCUT2D eigenvalue weighted by atomic mass is 19.2. The van der Waals surface area contributed by atoms with E-state index in [1.807, 2.05) is 6.92 Å². The minimum Gasteiger partial charge on any atom is -0.483 e. The summed E-state index contributed by atoms with van der Waals surface area (Å²) in [5.41, 5.74) is 8.76. The first-order valence-electron chi connectivity index (χ1n) is 14.5. The van der Waals surface area contributed by atoms with Crippen molar-refractivity contribution in [2.45, 2.75) is 46.6 Å². The number of hydrogen-bond donors (Lipinski definition) is 6. The molecule has 12 heteroatoms. The van der Waals surface area contributed by atoms with E-state index < -0.39 is 11.6 Å². The number of anilines is 2. The van der Waals surface area contributed by atoms with Crippen molar-refractivity contribution in [1.29, 1.82) is 0 Å². The van der Waals surface area contributed by atoms with Gasteiger partial charge in [0, 0.05) is 54.9 Å². The van der Waals surface area contributed by atoms with Crippen LogP contribution in [0, 0.1) is 11.6 Å². The Labute approximate surface area is 264 Å². The highest BCUT2D eigenvalue weighted by Crippen LogP contribution is 2.31. The summed E-state index contributed by atoms with van der Waals surface area (Å²) in [6, 6.07) is 9.72. The van der Waals surface area contributed by atoms with Crippen LogP contribution in [0.5, 0.6) is 0 Å². The number of benzene rings is 2. The van der Waals surface area contributed by atoms with Gasteiger partial charge in [-0.15, -0.1) is 0 Å². The number of hydrogen-bond acceptors (Lipinski definition) is 7. The number of amides is 1. The first-order chi connectivity index (χ1) is 21.5. The van der Waals surface area contributed by atoms with Crippen molar-refractivity contribution in [2.75, 3.05) is 30.8 Å². The largest absolute Gasteiger partial charge is 0.483 e. The lowest BCUT2D eigenvalue weighted by Crippen LogP contribution is -2.36. The summed E-state index contributed by atoms with van der Waals surface area (Å²) in [5.74, 6) is -1.73. The highest BCUT2D eigenvalue weighted by molar-refractivity contribution is 5.94. The zero-order valence-electron chi connectivity index (χ0n) is 26.6. The summed E-state index contributed by atoms with van der Waals surface area (Å²) in [4.78, 5) is 25.2. The van der Waals surface area contributed by atoms with E-state index in [-0.39, 0.29) is 29.7 Å². The number of aromatic nitrogens is 2. The van der Waals surface area contributed by atoms with Crippen molar-refractivity contribution >= 4 is 35.7 Å². The molecule has 7 N–H and O–H groups in total. The molecule has 1 heterocycles. The van der Waals surface area contributed by atoms with Crippen molar-refractivity contribution < 1.29 is 23.5 Å².